The molecule has 0 fully saturated rings. The number of aryl methyl sites for hydroxylation is 1. The maximum atomic E-state index is 12.3. The van der Waals surface area contributed by atoms with Crippen molar-refractivity contribution >= 4 is 34.6 Å². The number of carbonyl (C=O) groups excluding carboxylic acids is 2. The second-order valence-electron chi connectivity index (χ2n) is 6.30. The monoisotopic (exact) mass is 372 g/mol. The van der Waals surface area contributed by atoms with Gasteiger partial charge in [-0.2, -0.15) is 10.2 Å². The molecule has 6 nitrogen and oxygen atoms in total. The normalized spacial score (nSPS) is 10.6. The summed E-state index contributed by atoms with van der Waals surface area (Å²) < 4.78 is 0. The van der Waals surface area contributed by atoms with E-state index in [4.69, 9.17) is 0 Å². The first-order valence-electron chi connectivity index (χ1n) is 8.77. The highest BCUT2D eigenvalue weighted by molar-refractivity contribution is 6.04. The molecule has 0 spiro atoms. The number of benzene rings is 3. The van der Waals surface area contributed by atoms with Crippen molar-refractivity contribution < 1.29 is 9.59 Å². The third-order valence-electron chi connectivity index (χ3n) is 3.91. The minimum atomic E-state index is -0.233. The molecule has 0 saturated carbocycles. The summed E-state index contributed by atoms with van der Waals surface area (Å²) in [6.45, 7) is 3.45. The molecule has 0 atom stereocenters. The maximum absolute atomic E-state index is 12.3. The van der Waals surface area contributed by atoms with Gasteiger partial charge in [0, 0.05) is 23.9 Å². The Labute approximate surface area is 163 Å². The Bertz CT molecular complexity index is 992. The van der Waals surface area contributed by atoms with Crippen molar-refractivity contribution in [2.45, 2.75) is 13.8 Å². The smallest absolute Gasteiger partial charge is 0.255 e. The molecule has 140 valence electrons. The van der Waals surface area contributed by atoms with Gasteiger partial charge in [0.05, 0.1) is 11.4 Å². The number of amides is 2. The number of rotatable bonds is 5. The summed E-state index contributed by atoms with van der Waals surface area (Å²) in [6.07, 6.45) is 0. The summed E-state index contributed by atoms with van der Waals surface area (Å²) in [5, 5.41) is 13.9. The largest absolute Gasteiger partial charge is 0.326 e. The fourth-order valence-electron chi connectivity index (χ4n) is 2.45. The Hall–Kier alpha value is -3.80. The number of azo groups is 1. The molecule has 0 saturated heterocycles. The van der Waals surface area contributed by atoms with Crippen LogP contribution in [-0.2, 0) is 4.79 Å². The lowest BCUT2D eigenvalue weighted by atomic mass is 10.2. The van der Waals surface area contributed by atoms with Gasteiger partial charge in [0.2, 0.25) is 5.91 Å². The van der Waals surface area contributed by atoms with Crippen molar-refractivity contribution in [2.24, 2.45) is 10.2 Å². The van der Waals surface area contributed by atoms with E-state index in [1.54, 1.807) is 48.5 Å². The minimum Gasteiger partial charge on any atom is -0.326 e. The minimum absolute atomic E-state index is 0.156. The standard InChI is InChI=1S/C22H20N4O2/c1-15-3-7-20(8-4-15)25-26-21-13-11-19(12-14-21)24-22(28)17-5-9-18(10-6-17)23-16(2)27/h3-14H,1-2H3,(H,23,27)(H,24,28). The number of hydrogen-bond donors (Lipinski definition) is 2. The summed E-state index contributed by atoms with van der Waals surface area (Å²) in [6, 6.07) is 21.6. The van der Waals surface area contributed by atoms with Crippen molar-refractivity contribution in [1.82, 2.24) is 0 Å². The molecule has 0 aliphatic carbocycles. The van der Waals surface area contributed by atoms with Crippen LogP contribution >= 0.6 is 0 Å². The topological polar surface area (TPSA) is 82.9 Å². The van der Waals surface area contributed by atoms with Gasteiger partial charge in [-0.3, -0.25) is 9.59 Å². The van der Waals surface area contributed by atoms with E-state index in [1.807, 2.05) is 31.2 Å². The van der Waals surface area contributed by atoms with Crippen molar-refractivity contribution in [1.29, 1.82) is 0 Å². The second-order valence-corrected chi connectivity index (χ2v) is 6.30. The molecule has 28 heavy (non-hydrogen) atoms. The highest BCUT2D eigenvalue weighted by Crippen LogP contribution is 2.21. The summed E-state index contributed by atoms with van der Waals surface area (Å²) in [4.78, 5) is 23.4. The molecule has 3 aromatic carbocycles. The predicted molar refractivity (Wildman–Crippen MR) is 110 cm³/mol. The van der Waals surface area contributed by atoms with Gasteiger partial charge < -0.3 is 10.6 Å². The fourth-order valence-corrected chi connectivity index (χ4v) is 2.45. The molecule has 2 N–H and O–H groups in total. The molecule has 0 aromatic heterocycles. The molecule has 0 heterocycles. The molecule has 3 aromatic rings. The third kappa shape index (κ3) is 5.35. The average molecular weight is 372 g/mol. The first kappa shape index (κ1) is 19.0. The van der Waals surface area contributed by atoms with Crippen LogP contribution in [0.3, 0.4) is 0 Å². The van der Waals surface area contributed by atoms with E-state index in [2.05, 4.69) is 20.9 Å². The lowest BCUT2D eigenvalue weighted by Crippen LogP contribution is -2.12. The Morgan fingerprint density at radius 1 is 0.679 bits per heavy atom. The van der Waals surface area contributed by atoms with Crippen molar-refractivity contribution in [2.75, 3.05) is 10.6 Å². The van der Waals surface area contributed by atoms with E-state index in [0.29, 0.717) is 22.6 Å². The Kier molecular flexibility index (Phi) is 5.91. The first-order chi connectivity index (χ1) is 13.5. The fraction of sp³-hybridized carbons (Fsp3) is 0.0909. The van der Waals surface area contributed by atoms with Crippen LogP contribution in [0.25, 0.3) is 0 Å². The van der Waals surface area contributed by atoms with E-state index < -0.39 is 0 Å². The van der Waals surface area contributed by atoms with Crippen LogP contribution in [0.2, 0.25) is 0 Å². The van der Waals surface area contributed by atoms with Crippen molar-refractivity contribution in [3.63, 3.8) is 0 Å². The van der Waals surface area contributed by atoms with E-state index in [0.717, 1.165) is 5.69 Å². The van der Waals surface area contributed by atoms with Gasteiger partial charge in [-0.05, 0) is 67.6 Å². The molecule has 0 radical (unpaired) electrons. The summed E-state index contributed by atoms with van der Waals surface area (Å²) in [5.74, 6) is -0.389. The lowest BCUT2D eigenvalue weighted by molar-refractivity contribution is -0.114. The van der Waals surface area contributed by atoms with Gasteiger partial charge >= 0.3 is 0 Å². The molecule has 0 aliphatic heterocycles. The molecule has 0 bridgehead atoms. The average Bonchev–Trinajstić information content (AvgIpc) is 2.69. The van der Waals surface area contributed by atoms with Gasteiger partial charge in [-0.15, -0.1) is 0 Å². The van der Waals surface area contributed by atoms with E-state index in [-0.39, 0.29) is 11.8 Å². The molecular weight excluding hydrogens is 352 g/mol. The van der Waals surface area contributed by atoms with Crippen LogP contribution in [0.15, 0.2) is 83.0 Å². The SMILES string of the molecule is CC(=O)Nc1ccc(C(=O)Nc2ccc(N=Nc3ccc(C)cc3)cc2)cc1. The van der Waals surface area contributed by atoms with Crippen LogP contribution in [0.1, 0.15) is 22.8 Å². The number of nitrogens with one attached hydrogen (secondary N) is 2. The zero-order valence-corrected chi connectivity index (χ0v) is 15.6. The van der Waals surface area contributed by atoms with Crippen LogP contribution < -0.4 is 10.6 Å². The molecule has 2 amide bonds. The zero-order chi connectivity index (χ0) is 19.9. The van der Waals surface area contributed by atoms with Gasteiger partial charge in [0.15, 0.2) is 0 Å². The predicted octanol–water partition coefficient (Wildman–Crippen LogP) is 5.62. The second kappa shape index (κ2) is 8.73. The Morgan fingerprint density at radius 3 is 1.68 bits per heavy atom. The van der Waals surface area contributed by atoms with Gasteiger partial charge in [0.1, 0.15) is 0 Å². The molecular formula is C22H20N4O2. The highest BCUT2D eigenvalue weighted by Gasteiger charge is 2.06. The van der Waals surface area contributed by atoms with Crippen molar-refractivity contribution in [3.05, 3.63) is 83.9 Å². The van der Waals surface area contributed by atoms with E-state index >= 15 is 0 Å². The van der Waals surface area contributed by atoms with E-state index in [9.17, 15) is 9.59 Å². The van der Waals surface area contributed by atoms with Gasteiger partial charge in [0.25, 0.3) is 5.91 Å². The van der Waals surface area contributed by atoms with Gasteiger partial charge in [-0.1, -0.05) is 17.7 Å². The molecule has 6 heteroatoms. The van der Waals surface area contributed by atoms with Crippen molar-refractivity contribution in [3.8, 4) is 0 Å². The van der Waals surface area contributed by atoms with E-state index in [1.165, 1.54) is 12.5 Å². The lowest BCUT2D eigenvalue weighted by Gasteiger charge is -2.07. The Balaban J connectivity index is 1.61. The van der Waals surface area contributed by atoms with Crippen LogP contribution in [0.4, 0.5) is 22.7 Å². The molecule has 3 rings (SSSR count). The number of carbonyl (C=O) groups is 2. The zero-order valence-electron chi connectivity index (χ0n) is 15.6. The molecule has 0 aliphatic rings. The maximum Gasteiger partial charge on any atom is 0.255 e. The quantitative estimate of drug-likeness (QED) is 0.570. The molecule has 0 unspecified atom stereocenters. The summed E-state index contributed by atoms with van der Waals surface area (Å²) in [7, 11) is 0. The summed E-state index contributed by atoms with van der Waals surface area (Å²) in [5.41, 5.74) is 4.45. The third-order valence-corrected chi connectivity index (χ3v) is 3.91. The van der Waals surface area contributed by atoms with Crippen LogP contribution in [-0.4, -0.2) is 11.8 Å². The van der Waals surface area contributed by atoms with Crippen LogP contribution in [0, 0.1) is 6.92 Å². The number of anilines is 2. The number of hydrogen-bond acceptors (Lipinski definition) is 4. The first-order valence-corrected chi connectivity index (χ1v) is 8.77. The van der Waals surface area contributed by atoms with Gasteiger partial charge in [-0.25, -0.2) is 0 Å². The highest BCUT2D eigenvalue weighted by atomic mass is 16.2. The Morgan fingerprint density at radius 2 is 1.14 bits per heavy atom. The van der Waals surface area contributed by atoms with Crippen LogP contribution in [0.5, 0.6) is 0 Å². The number of nitrogens with zero attached hydrogens (tertiary/aromatic N) is 2. The summed E-state index contributed by atoms with van der Waals surface area (Å²) >= 11 is 0.